The normalized spacial score (nSPS) is 11.8. The number of hydrogen-bond acceptors (Lipinski definition) is 5. The first-order valence-corrected chi connectivity index (χ1v) is 15.9. The molecule has 0 saturated heterocycles. The van der Waals surface area contributed by atoms with E-state index in [0.29, 0.717) is 17.5 Å². The van der Waals surface area contributed by atoms with E-state index >= 15 is 0 Å². The summed E-state index contributed by atoms with van der Waals surface area (Å²) in [5.74, 6) is 1.75. The first-order chi connectivity index (χ1) is 23.8. The third-order valence-corrected chi connectivity index (χ3v) is 9.15. The van der Waals surface area contributed by atoms with Crippen LogP contribution in [0, 0.1) is 0 Å². The van der Waals surface area contributed by atoms with Crippen molar-refractivity contribution >= 4 is 54.6 Å². The molecule has 0 bridgehead atoms. The lowest BCUT2D eigenvalue weighted by Gasteiger charge is -2.11. The average molecular weight is 616 g/mol. The molecule has 10 aromatic rings. The van der Waals surface area contributed by atoms with Crippen molar-refractivity contribution in [2.24, 2.45) is 0 Å². The molecule has 5 heteroatoms. The Balaban J connectivity index is 1.23. The SMILES string of the molecule is c1ccc(-c2ccc3oc4cccc(-c5nc(-c6ccc7c(c6)oc6ccccc67)nc(-c6cccc7ccccc67)n5)c4c3c2)cc1. The van der Waals surface area contributed by atoms with Gasteiger partial charge in [0.25, 0.3) is 0 Å². The van der Waals surface area contributed by atoms with Gasteiger partial charge < -0.3 is 8.83 Å². The van der Waals surface area contributed by atoms with E-state index in [-0.39, 0.29) is 0 Å². The van der Waals surface area contributed by atoms with Crippen LogP contribution in [0.15, 0.2) is 160 Å². The smallest absolute Gasteiger partial charge is 0.164 e. The van der Waals surface area contributed by atoms with E-state index in [2.05, 4.69) is 91.0 Å². The Bertz CT molecular complexity index is 2840. The third-order valence-electron chi connectivity index (χ3n) is 9.15. The van der Waals surface area contributed by atoms with Gasteiger partial charge in [0.05, 0.1) is 0 Å². The van der Waals surface area contributed by atoms with Gasteiger partial charge in [-0.3, -0.25) is 0 Å². The summed E-state index contributed by atoms with van der Waals surface area (Å²) in [7, 11) is 0. The van der Waals surface area contributed by atoms with Crippen LogP contribution >= 0.6 is 0 Å². The number of rotatable bonds is 4. The molecule has 0 aliphatic rings. The monoisotopic (exact) mass is 615 g/mol. The van der Waals surface area contributed by atoms with Gasteiger partial charge in [0, 0.05) is 38.2 Å². The Morgan fingerprint density at radius 1 is 0.333 bits per heavy atom. The highest BCUT2D eigenvalue weighted by atomic mass is 16.3. The van der Waals surface area contributed by atoms with Crippen molar-refractivity contribution in [2.75, 3.05) is 0 Å². The molecule has 7 aromatic carbocycles. The second kappa shape index (κ2) is 10.5. The fourth-order valence-electron chi connectivity index (χ4n) is 6.85. The number of aromatic nitrogens is 3. The highest BCUT2D eigenvalue weighted by molar-refractivity contribution is 6.13. The molecule has 0 atom stereocenters. The van der Waals surface area contributed by atoms with Crippen molar-refractivity contribution in [2.45, 2.75) is 0 Å². The molecule has 10 rings (SSSR count). The maximum atomic E-state index is 6.39. The van der Waals surface area contributed by atoms with E-state index in [0.717, 1.165) is 82.5 Å². The Morgan fingerprint density at radius 3 is 1.88 bits per heavy atom. The summed E-state index contributed by atoms with van der Waals surface area (Å²) in [6.07, 6.45) is 0. The topological polar surface area (TPSA) is 65.0 Å². The molecule has 5 nitrogen and oxygen atoms in total. The number of para-hydroxylation sites is 1. The van der Waals surface area contributed by atoms with Gasteiger partial charge in [-0.2, -0.15) is 0 Å². The highest BCUT2D eigenvalue weighted by Crippen LogP contribution is 2.39. The molecule has 3 aromatic heterocycles. The standard InChI is InChI=1S/C43H25N3O2/c1-2-10-26(11-3-1)28-21-23-37-35(24-28)40-34(17-9-19-38(40)47-37)43-45-41(29-20-22-32-31-15-6-7-18-36(31)48-39(32)25-29)44-42(46-43)33-16-8-13-27-12-4-5-14-30(27)33/h1-25H. The first kappa shape index (κ1) is 26.6. The van der Waals surface area contributed by atoms with Crippen molar-refractivity contribution in [1.29, 1.82) is 0 Å². The second-order valence-electron chi connectivity index (χ2n) is 12.0. The molecular weight excluding hydrogens is 590 g/mol. The van der Waals surface area contributed by atoms with E-state index in [1.165, 1.54) is 0 Å². The van der Waals surface area contributed by atoms with Gasteiger partial charge in [0.1, 0.15) is 22.3 Å². The van der Waals surface area contributed by atoms with Gasteiger partial charge in [-0.25, -0.2) is 15.0 Å². The van der Waals surface area contributed by atoms with E-state index in [4.69, 9.17) is 23.8 Å². The number of furan rings is 2. The average Bonchev–Trinajstić information content (AvgIpc) is 3.72. The maximum Gasteiger partial charge on any atom is 0.164 e. The minimum absolute atomic E-state index is 0.570. The van der Waals surface area contributed by atoms with Gasteiger partial charge in [-0.1, -0.05) is 115 Å². The Morgan fingerprint density at radius 2 is 0.958 bits per heavy atom. The zero-order valence-corrected chi connectivity index (χ0v) is 25.6. The highest BCUT2D eigenvalue weighted by Gasteiger charge is 2.20. The summed E-state index contributed by atoms with van der Waals surface area (Å²) in [5, 5.41) is 6.33. The Kier molecular flexibility index (Phi) is 5.81. The number of benzene rings is 7. The maximum absolute atomic E-state index is 6.39. The van der Waals surface area contributed by atoms with Gasteiger partial charge in [0.15, 0.2) is 17.5 Å². The van der Waals surface area contributed by atoms with Crippen LogP contribution in [0.1, 0.15) is 0 Å². The molecule has 0 aliphatic carbocycles. The van der Waals surface area contributed by atoms with Gasteiger partial charge in [0.2, 0.25) is 0 Å². The van der Waals surface area contributed by atoms with Crippen LogP contribution in [0.3, 0.4) is 0 Å². The zero-order chi connectivity index (χ0) is 31.6. The first-order valence-electron chi connectivity index (χ1n) is 15.9. The zero-order valence-electron chi connectivity index (χ0n) is 25.6. The lowest BCUT2D eigenvalue weighted by molar-refractivity contribution is 0.668. The van der Waals surface area contributed by atoms with Gasteiger partial charge in [-0.05, 0) is 58.3 Å². The summed E-state index contributed by atoms with van der Waals surface area (Å²) in [4.78, 5) is 15.4. The van der Waals surface area contributed by atoms with E-state index < -0.39 is 0 Å². The number of nitrogens with zero attached hydrogens (tertiary/aromatic N) is 3. The molecule has 0 N–H and O–H groups in total. The quantitative estimate of drug-likeness (QED) is 0.197. The van der Waals surface area contributed by atoms with Crippen LogP contribution in [0.5, 0.6) is 0 Å². The van der Waals surface area contributed by atoms with Crippen LogP contribution in [0.2, 0.25) is 0 Å². The van der Waals surface area contributed by atoms with Crippen LogP contribution in [0.25, 0.3) is 99.9 Å². The minimum Gasteiger partial charge on any atom is -0.456 e. The predicted molar refractivity (Wildman–Crippen MR) is 194 cm³/mol. The van der Waals surface area contributed by atoms with E-state index in [1.807, 2.05) is 60.7 Å². The van der Waals surface area contributed by atoms with Crippen LogP contribution in [0.4, 0.5) is 0 Å². The van der Waals surface area contributed by atoms with Gasteiger partial charge >= 0.3 is 0 Å². The molecule has 0 unspecified atom stereocenters. The number of hydrogen-bond donors (Lipinski definition) is 0. The molecule has 0 radical (unpaired) electrons. The van der Waals surface area contributed by atoms with E-state index in [1.54, 1.807) is 0 Å². The minimum atomic E-state index is 0.570. The van der Waals surface area contributed by atoms with Crippen molar-refractivity contribution < 1.29 is 8.83 Å². The predicted octanol–water partition coefficient (Wildman–Crippen LogP) is 11.5. The molecule has 0 fully saturated rings. The van der Waals surface area contributed by atoms with Crippen LogP contribution in [-0.4, -0.2) is 15.0 Å². The van der Waals surface area contributed by atoms with Crippen molar-refractivity contribution in [1.82, 2.24) is 15.0 Å². The summed E-state index contributed by atoms with van der Waals surface area (Å²) >= 11 is 0. The fourth-order valence-corrected chi connectivity index (χ4v) is 6.85. The van der Waals surface area contributed by atoms with E-state index in [9.17, 15) is 0 Å². The largest absolute Gasteiger partial charge is 0.456 e. The van der Waals surface area contributed by atoms with Crippen molar-refractivity contribution in [3.05, 3.63) is 152 Å². The molecule has 3 heterocycles. The summed E-state index contributed by atoms with van der Waals surface area (Å²) in [5.41, 5.74) is 8.18. The molecule has 48 heavy (non-hydrogen) atoms. The molecule has 224 valence electrons. The van der Waals surface area contributed by atoms with Crippen molar-refractivity contribution in [3.63, 3.8) is 0 Å². The molecule has 0 saturated carbocycles. The molecule has 0 aliphatic heterocycles. The molecule has 0 spiro atoms. The summed E-state index contributed by atoms with van der Waals surface area (Å²) in [6, 6.07) is 51.7. The number of fused-ring (bicyclic) bond motifs is 7. The third kappa shape index (κ3) is 4.22. The Labute approximate surface area is 274 Å². The van der Waals surface area contributed by atoms with Crippen LogP contribution in [-0.2, 0) is 0 Å². The lowest BCUT2D eigenvalue weighted by atomic mass is 10.0. The van der Waals surface area contributed by atoms with Gasteiger partial charge in [-0.15, -0.1) is 0 Å². The van der Waals surface area contributed by atoms with Crippen molar-refractivity contribution in [3.8, 4) is 45.3 Å². The lowest BCUT2D eigenvalue weighted by Crippen LogP contribution is -2.00. The fraction of sp³-hybridized carbons (Fsp3) is 0. The summed E-state index contributed by atoms with van der Waals surface area (Å²) < 4.78 is 12.6. The summed E-state index contributed by atoms with van der Waals surface area (Å²) in [6.45, 7) is 0. The molecule has 0 amide bonds. The Hall–Kier alpha value is -6.59. The van der Waals surface area contributed by atoms with Crippen LogP contribution < -0.4 is 0 Å². The molecular formula is C43H25N3O2. The second-order valence-corrected chi connectivity index (χ2v) is 12.0.